The maximum Gasteiger partial charge on any atom is 0.230 e. The number of methoxy groups -OCH3 is 1. The molecule has 1 spiro atoms. The Morgan fingerprint density at radius 3 is 2.80 bits per heavy atom. The summed E-state index contributed by atoms with van der Waals surface area (Å²) in [7, 11) is 1.64. The maximum absolute atomic E-state index is 13.4. The molecule has 3 fully saturated rings. The van der Waals surface area contributed by atoms with E-state index in [4.69, 9.17) is 9.47 Å². The average Bonchev–Trinajstić information content (AvgIpc) is 3.42. The van der Waals surface area contributed by atoms with Crippen molar-refractivity contribution < 1.29 is 19.1 Å². The summed E-state index contributed by atoms with van der Waals surface area (Å²) in [6.45, 7) is 7.36. The SMILES string of the molecule is CCN1CCN(C(=O)[C@@H]2[C@@H]3C=C[C@@]4(CN(Cc5cccc(OC)c5)C(=O)[C@@H]24)O3)CC1. The summed E-state index contributed by atoms with van der Waals surface area (Å²) in [5, 5.41) is 0. The zero-order valence-electron chi connectivity index (χ0n) is 17.6. The highest BCUT2D eigenvalue weighted by Crippen LogP contribution is 2.52. The molecule has 0 aromatic heterocycles. The van der Waals surface area contributed by atoms with E-state index in [-0.39, 0.29) is 17.9 Å². The van der Waals surface area contributed by atoms with Gasteiger partial charge in [-0.05, 0) is 24.2 Å². The predicted octanol–water partition coefficient (Wildman–Crippen LogP) is 1.14. The van der Waals surface area contributed by atoms with E-state index in [9.17, 15) is 9.59 Å². The molecule has 3 saturated heterocycles. The molecule has 2 bridgehead atoms. The lowest BCUT2D eigenvalue weighted by atomic mass is 9.76. The first-order chi connectivity index (χ1) is 14.5. The van der Waals surface area contributed by atoms with Crippen molar-refractivity contribution >= 4 is 11.8 Å². The number of likely N-dealkylation sites (N-methyl/N-ethyl adjacent to an activating group) is 1. The Morgan fingerprint density at radius 2 is 2.07 bits per heavy atom. The van der Waals surface area contributed by atoms with Crippen molar-refractivity contribution in [2.75, 3.05) is 46.4 Å². The number of carbonyl (C=O) groups is 2. The second kappa shape index (κ2) is 7.39. The van der Waals surface area contributed by atoms with E-state index in [1.807, 2.05) is 46.2 Å². The van der Waals surface area contributed by atoms with Gasteiger partial charge in [0.2, 0.25) is 11.8 Å². The molecule has 30 heavy (non-hydrogen) atoms. The molecule has 4 aliphatic rings. The Morgan fingerprint density at radius 1 is 1.27 bits per heavy atom. The minimum absolute atomic E-state index is 0.0233. The van der Waals surface area contributed by atoms with Crippen LogP contribution < -0.4 is 4.74 Å². The highest BCUT2D eigenvalue weighted by atomic mass is 16.5. The van der Waals surface area contributed by atoms with Crippen LogP contribution in [0.25, 0.3) is 0 Å². The summed E-state index contributed by atoms with van der Waals surface area (Å²) in [5.74, 6) is 0.0356. The molecule has 5 rings (SSSR count). The van der Waals surface area contributed by atoms with Crippen LogP contribution in [0, 0.1) is 11.8 Å². The van der Waals surface area contributed by atoms with Crippen LogP contribution in [-0.4, -0.2) is 84.6 Å². The predicted molar refractivity (Wildman–Crippen MR) is 111 cm³/mol. The highest BCUT2D eigenvalue weighted by Gasteiger charge is 2.67. The molecule has 0 radical (unpaired) electrons. The Labute approximate surface area is 177 Å². The van der Waals surface area contributed by atoms with Gasteiger partial charge in [-0.25, -0.2) is 0 Å². The van der Waals surface area contributed by atoms with Crippen molar-refractivity contribution in [3.63, 3.8) is 0 Å². The smallest absolute Gasteiger partial charge is 0.230 e. The summed E-state index contributed by atoms with van der Waals surface area (Å²) < 4.78 is 11.6. The van der Waals surface area contributed by atoms with E-state index < -0.39 is 17.4 Å². The van der Waals surface area contributed by atoms with Crippen molar-refractivity contribution in [2.24, 2.45) is 11.8 Å². The van der Waals surface area contributed by atoms with Gasteiger partial charge in [-0.3, -0.25) is 9.59 Å². The Kier molecular flexibility index (Phi) is 4.82. The first kappa shape index (κ1) is 19.6. The van der Waals surface area contributed by atoms with Crippen LogP contribution >= 0.6 is 0 Å². The third-order valence-electron chi connectivity index (χ3n) is 7.10. The lowest BCUT2D eigenvalue weighted by molar-refractivity contribution is -0.144. The molecule has 4 heterocycles. The van der Waals surface area contributed by atoms with Crippen LogP contribution in [-0.2, 0) is 20.9 Å². The molecule has 4 atom stereocenters. The fourth-order valence-electron chi connectivity index (χ4n) is 5.48. The van der Waals surface area contributed by atoms with Crippen LogP contribution in [0.5, 0.6) is 5.75 Å². The van der Waals surface area contributed by atoms with E-state index in [2.05, 4.69) is 11.8 Å². The summed E-state index contributed by atoms with van der Waals surface area (Å²) >= 11 is 0. The van der Waals surface area contributed by atoms with Crippen molar-refractivity contribution in [3.05, 3.63) is 42.0 Å². The number of nitrogens with zero attached hydrogens (tertiary/aromatic N) is 3. The van der Waals surface area contributed by atoms with E-state index in [0.29, 0.717) is 13.1 Å². The molecular weight excluding hydrogens is 382 g/mol. The van der Waals surface area contributed by atoms with Gasteiger partial charge in [0.25, 0.3) is 0 Å². The van der Waals surface area contributed by atoms with Gasteiger partial charge >= 0.3 is 0 Å². The Hall–Kier alpha value is -2.38. The third kappa shape index (κ3) is 3.03. The van der Waals surface area contributed by atoms with Gasteiger partial charge in [0, 0.05) is 32.7 Å². The van der Waals surface area contributed by atoms with Crippen LogP contribution in [0.1, 0.15) is 12.5 Å². The lowest BCUT2D eigenvalue weighted by Crippen LogP contribution is -2.53. The number of benzene rings is 1. The Bertz CT molecular complexity index is 879. The van der Waals surface area contributed by atoms with Gasteiger partial charge in [0.05, 0.1) is 31.6 Å². The molecule has 1 aromatic rings. The van der Waals surface area contributed by atoms with Crippen LogP contribution in [0.3, 0.4) is 0 Å². The van der Waals surface area contributed by atoms with Crippen molar-refractivity contribution in [3.8, 4) is 5.75 Å². The number of fused-ring (bicyclic) bond motifs is 1. The number of amides is 2. The molecule has 4 aliphatic heterocycles. The van der Waals surface area contributed by atoms with Crippen molar-refractivity contribution in [1.29, 1.82) is 0 Å². The summed E-state index contributed by atoms with van der Waals surface area (Å²) in [4.78, 5) is 33.0. The van der Waals surface area contributed by atoms with Crippen LogP contribution in [0.15, 0.2) is 36.4 Å². The molecule has 2 amide bonds. The van der Waals surface area contributed by atoms with Gasteiger partial charge < -0.3 is 24.2 Å². The fourth-order valence-corrected chi connectivity index (χ4v) is 5.48. The normalized spacial score (nSPS) is 32.7. The molecule has 0 unspecified atom stereocenters. The van der Waals surface area contributed by atoms with Gasteiger partial charge in [-0.2, -0.15) is 0 Å². The molecule has 0 N–H and O–H groups in total. The minimum atomic E-state index is -0.661. The second-order valence-corrected chi connectivity index (χ2v) is 8.71. The maximum atomic E-state index is 13.4. The van der Waals surface area contributed by atoms with E-state index >= 15 is 0 Å². The molecule has 0 aliphatic carbocycles. The van der Waals surface area contributed by atoms with E-state index in [1.54, 1.807) is 7.11 Å². The van der Waals surface area contributed by atoms with Crippen LogP contribution in [0.4, 0.5) is 0 Å². The number of likely N-dealkylation sites (tertiary alicyclic amines) is 1. The van der Waals surface area contributed by atoms with E-state index in [1.165, 1.54) is 0 Å². The van der Waals surface area contributed by atoms with Gasteiger partial charge in [0.15, 0.2) is 0 Å². The van der Waals surface area contributed by atoms with Crippen LogP contribution in [0.2, 0.25) is 0 Å². The first-order valence-electron chi connectivity index (χ1n) is 10.8. The summed E-state index contributed by atoms with van der Waals surface area (Å²) in [5.41, 5.74) is 0.350. The standard InChI is InChI=1S/C23H29N3O4/c1-3-24-9-11-25(12-10-24)21(27)19-18-7-8-23(30-18)15-26(22(28)20(19)23)14-16-5-4-6-17(13-16)29-2/h4-8,13,18-20H,3,9-12,14-15H2,1-2H3/t18-,19+,20+,23-/m0/s1. The molecule has 160 valence electrons. The minimum Gasteiger partial charge on any atom is -0.497 e. The van der Waals surface area contributed by atoms with Crippen molar-refractivity contribution in [1.82, 2.24) is 14.7 Å². The Balaban J connectivity index is 1.34. The van der Waals surface area contributed by atoms with Gasteiger partial charge in [-0.1, -0.05) is 31.2 Å². The molecule has 7 nitrogen and oxygen atoms in total. The first-order valence-corrected chi connectivity index (χ1v) is 10.8. The third-order valence-corrected chi connectivity index (χ3v) is 7.10. The number of piperazine rings is 1. The quantitative estimate of drug-likeness (QED) is 0.680. The molecule has 0 saturated carbocycles. The molecular formula is C23H29N3O4. The number of hydrogen-bond donors (Lipinski definition) is 0. The second-order valence-electron chi connectivity index (χ2n) is 8.71. The zero-order chi connectivity index (χ0) is 20.9. The lowest BCUT2D eigenvalue weighted by Gasteiger charge is -2.37. The number of carbonyl (C=O) groups excluding carboxylic acids is 2. The summed E-state index contributed by atoms with van der Waals surface area (Å²) in [6, 6.07) is 7.76. The topological polar surface area (TPSA) is 62.3 Å². The monoisotopic (exact) mass is 411 g/mol. The van der Waals surface area contributed by atoms with E-state index in [0.717, 1.165) is 44.0 Å². The number of hydrogen-bond acceptors (Lipinski definition) is 5. The number of ether oxygens (including phenoxy) is 2. The highest BCUT2D eigenvalue weighted by molar-refractivity contribution is 5.93. The van der Waals surface area contributed by atoms with Gasteiger partial charge in [-0.15, -0.1) is 0 Å². The fraction of sp³-hybridized carbons (Fsp3) is 0.565. The largest absolute Gasteiger partial charge is 0.497 e. The zero-order valence-corrected chi connectivity index (χ0v) is 17.6. The van der Waals surface area contributed by atoms with Gasteiger partial charge in [0.1, 0.15) is 11.4 Å². The number of rotatable bonds is 5. The molecule has 1 aromatic carbocycles. The van der Waals surface area contributed by atoms with Crippen molar-refractivity contribution in [2.45, 2.75) is 25.2 Å². The average molecular weight is 412 g/mol. The molecule has 7 heteroatoms. The summed E-state index contributed by atoms with van der Waals surface area (Å²) in [6.07, 6.45) is 3.73.